The number of rotatable bonds is 12. The maximum atomic E-state index is 10.1. The Morgan fingerprint density at radius 3 is 2.09 bits per heavy atom. The summed E-state index contributed by atoms with van der Waals surface area (Å²) in [5.41, 5.74) is 0.633. The average Bonchev–Trinajstić information content (AvgIpc) is 2.54. The first-order chi connectivity index (χ1) is 11.2. The van der Waals surface area contributed by atoms with Gasteiger partial charge in [-0.15, -0.1) is 0 Å². The Hall–Kier alpha value is -1.70. The zero-order chi connectivity index (χ0) is 16.9. The van der Waals surface area contributed by atoms with Crippen LogP contribution < -0.4 is 0 Å². The number of unbranched alkanes of at least 4 members (excludes halogenated alkanes) is 7. The summed E-state index contributed by atoms with van der Waals surface area (Å²) in [6.45, 7) is 5.95. The zero-order valence-corrected chi connectivity index (χ0v) is 14.5. The Morgan fingerprint density at radius 2 is 1.52 bits per heavy atom. The van der Waals surface area contributed by atoms with Gasteiger partial charge in [-0.05, 0) is 18.6 Å². The van der Waals surface area contributed by atoms with Gasteiger partial charge in [0.2, 0.25) is 0 Å². The van der Waals surface area contributed by atoms with Gasteiger partial charge in [-0.2, -0.15) is 0 Å². The highest BCUT2D eigenvalue weighted by Crippen LogP contribution is 2.37. The van der Waals surface area contributed by atoms with Gasteiger partial charge in [0, 0.05) is 11.5 Å². The van der Waals surface area contributed by atoms with Crippen LogP contribution in [0.25, 0.3) is 0 Å². The highest BCUT2D eigenvalue weighted by atomic mass is 16.3. The fourth-order valence-corrected chi connectivity index (χ4v) is 2.97. The van der Waals surface area contributed by atoms with Crippen LogP contribution in [-0.4, -0.2) is 10.2 Å². The van der Waals surface area contributed by atoms with Crippen molar-refractivity contribution in [1.82, 2.24) is 0 Å². The predicted molar refractivity (Wildman–Crippen MR) is 99.1 cm³/mol. The minimum atomic E-state index is 0.0364. The summed E-state index contributed by atoms with van der Waals surface area (Å²) in [5, 5.41) is 20.1. The van der Waals surface area contributed by atoms with Crippen molar-refractivity contribution in [3.63, 3.8) is 0 Å². The predicted octanol–water partition coefficient (Wildman–Crippen LogP) is 6.45. The molecule has 0 saturated carbocycles. The van der Waals surface area contributed by atoms with Gasteiger partial charge in [-0.1, -0.05) is 89.2 Å². The molecule has 0 spiro atoms. The Labute approximate surface area is 141 Å². The molecule has 1 aromatic rings. The molecule has 0 heterocycles. The zero-order valence-electron chi connectivity index (χ0n) is 14.5. The van der Waals surface area contributed by atoms with Gasteiger partial charge >= 0.3 is 0 Å². The molecule has 0 aliphatic rings. The summed E-state index contributed by atoms with van der Waals surface area (Å²) >= 11 is 0. The number of aromatic hydroxyl groups is 2. The fraction of sp³-hybridized carbons (Fsp3) is 0.524. The van der Waals surface area contributed by atoms with Crippen LogP contribution in [0.3, 0.4) is 0 Å². The van der Waals surface area contributed by atoms with Crippen LogP contribution in [0.2, 0.25) is 0 Å². The van der Waals surface area contributed by atoms with E-state index in [2.05, 4.69) is 13.5 Å². The topological polar surface area (TPSA) is 40.5 Å². The van der Waals surface area contributed by atoms with E-state index in [9.17, 15) is 10.2 Å². The van der Waals surface area contributed by atoms with Crippen molar-refractivity contribution in [3.05, 3.63) is 48.6 Å². The van der Waals surface area contributed by atoms with E-state index in [1.807, 2.05) is 12.2 Å². The molecule has 2 heteroatoms. The molecule has 1 unspecified atom stereocenters. The number of benzene rings is 1. The molecule has 0 fully saturated rings. The molecular formula is C21H32O2. The molecule has 0 radical (unpaired) electrons. The van der Waals surface area contributed by atoms with Gasteiger partial charge in [0.15, 0.2) is 0 Å². The minimum Gasteiger partial charge on any atom is -0.508 e. The number of phenolic OH excluding ortho intramolecular Hbond substituents is 2. The van der Waals surface area contributed by atoms with Crippen molar-refractivity contribution in [2.75, 3.05) is 0 Å². The first-order valence-electron chi connectivity index (χ1n) is 9.00. The first-order valence-corrected chi connectivity index (χ1v) is 9.00. The van der Waals surface area contributed by atoms with E-state index in [-0.39, 0.29) is 17.4 Å². The Balaban J connectivity index is 2.47. The molecule has 0 amide bonds. The summed E-state index contributed by atoms with van der Waals surface area (Å²) in [5.74, 6) is 0.376. The summed E-state index contributed by atoms with van der Waals surface area (Å²) in [7, 11) is 0. The van der Waals surface area contributed by atoms with Crippen molar-refractivity contribution in [3.8, 4) is 11.5 Å². The van der Waals surface area contributed by atoms with E-state index >= 15 is 0 Å². The van der Waals surface area contributed by atoms with Gasteiger partial charge in [0.1, 0.15) is 11.5 Å². The van der Waals surface area contributed by atoms with E-state index < -0.39 is 0 Å². The van der Waals surface area contributed by atoms with Crippen LogP contribution in [0.5, 0.6) is 11.5 Å². The van der Waals surface area contributed by atoms with E-state index in [0.29, 0.717) is 5.56 Å². The van der Waals surface area contributed by atoms with Gasteiger partial charge in [0.05, 0.1) is 0 Å². The van der Waals surface area contributed by atoms with Gasteiger partial charge in [0.25, 0.3) is 0 Å². The summed E-state index contributed by atoms with van der Waals surface area (Å²) in [6, 6.07) is 4.94. The lowest BCUT2D eigenvalue weighted by molar-refractivity contribution is 0.429. The molecule has 2 N–H and O–H groups in total. The van der Waals surface area contributed by atoms with Crippen LogP contribution in [0, 0.1) is 0 Å². The molecule has 1 atom stereocenters. The molecule has 0 aliphatic heterocycles. The fourth-order valence-electron chi connectivity index (χ4n) is 2.97. The maximum absolute atomic E-state index is 10.1. The lowest BCUT2D eigenvalue weighted by Crippen LogP contribution is -1.97. The summed E-state index contributed by atoms with van der Waals surface area (Å²) in [6.07, 6.45) is 16.8. The SMILES string of the molecule is C=CC=CC(CCCCCCCCCC)c1c(O)cccc1O. The van der Waals surface area contributed by atoms with Crippen LogP contribution >= 0.6 is 0 Å². The third kappa shape index (κ3) is 7.40. The number of hydrogen-bond donors (Lipinski definition) is 2. The lowest BCUT2D eigenvalue weighted by atomic mass is 9.91. The second-order valence-electron chi connectivity index (χ2n) is 6.20. The summed E-state index contributed by atoms with van der Waals surface area (Å²) in [4.78, 5) is 0. The molecule has 0 aromatic heterocycles. The molecule has 128 valence electrons. The Bertz CT molecular complexity index is 456. The third-order valence-electron chi connectivity index (χ3n) is 4.28. The van der Waals surface area contributed by atoms with Crippen molar-refractivity contribution < 1.29 is 10.2 Å². The monoisotopic (exact) mass is 316 g/mol. The number of allylic oxidation sites excluding steroid dienone is 3. The van der Waals surface area contributed by atoms with Crippen LogP contribution in [-0.2, 0) is 0 Å². The molecule has 0 aliphatic carbocycles. The van der Waals surface area contributed by atoms with Crippen molar-refractivity contribution >= 4 is 0 Å². The van der Waals surface area contributed by atoms with Crippen molar-refractivity contribution in [1.29, 1.82) is 0 Å². The van der Waals surface area contributed by atoms with E-state index in [0.717, 1.165) is 12.8 Å². The largest absolute Gasteiger partial charge is 0.508 e. The Morgan fingerprint density at radius 1 is 0.957 bits per heavy atom. The standard InChI is InChI=1S/C21H32O2/c1-3-5-7-8-9-10-11-12-15-18(14-6-4-2)21-19(22)16-13-17-20(21)23/h4,6,13-14,16-18,22-23H,2-3,5,7-12,15H2,1H3. The third-order valence-corrected chi connectivity index (χ3v) is 4.28. The number of hydrogen-bond acceptors (Lipinski definition) is 2. The van der Waals surface area contributed by atoms with Gasteiger partial charge in [-0.3, -0.25) is 0 Å². The molecule has 0 bridgehead atoms. The molecule has 23 heavy (non-hydrogen) atoms. The second kappa shape index (κ2) is 11.8. The molecule has 1 rings (SSSR count). The number of phenols is 2. The molecular weight excluding hydrogens is 284 g/mol. The molecule has 2 nitrogen and oxygen atoms in total. The van der Waals surface area contributed by atoms with Crippen LogP contribution in [0.15, 0.2) is 43.0 Å². The quantitative estimate of drug-likeness (QED) is 0.343. The van der Waals surface area contributed by atoms with Gasteiger partial charge in [-0.25, -0.2) is 0 Å². The average molecular weight is 316 g/mol. The summed E-state index contributed by atoms with van der Waals surface area (Å²) < 4.78 is 0. The highest BCUT2D eigenvalue weighted by Gasteiger charge is 2.16. The van der Waals surface area contributed by atoms with Crippen molar-refractivity contribution in [2.45, 2.75) is 70.6 Å². The normalized spacial score (nSPS) is 12.6. The molecule has 0 saturated heterocycles. The van der Waals surface area contributed by atoms with E-state index in [1.54, 1.807) is 24.3 Å². The van der Waals surface area contributed by atoms with Gasteiger partial charge < -0.3 is 10.2 Å². The minimum absolute atomic E-state index is 0.0364. The van der Waals surface area contributed by atoms with Crippen molar-refractivity contribution in [2.24, 2.45) is 0 Å². The maximum Gasteiger partial charge on any atom is 0.123 e. The lowest BCUT2D eigenvalue weighted by Gasteiger charge is -2.16. The molecule has 1 aromatic carbocycles. The van der Waals surface area contributed by atoms with E-state index in [1.165, 1.54) is 44.9 Å². The highest BCUT2D eigenvalue weighted by molar-refractivity contribution is 5.47. The van der Waals surface area contributed by atoms with Crippen LogP contribution in [0.4, 0.5) is 0 Å². The first kappa shape index (κ1) is 19.3. The van der Waals surface area contributed by atoms with Crippen LogP contribution in [0.1, 0.15) is 76.2 Å². The van der Waals surface area contributed by atoms with E-state index in [4.69, 9.17) is 0 Å². The Kier molecular flexibility index (Phi) is 9.94. The smallest absolute Gasteiger partial charge is 0.123 e. The second-order valence-corrected chi connectivity index (χ2v) is 6.20.